The van der Waals surface area contributed by atoms with Crippen LogP contribution in [0.15, 0.2) is 17.1 Å². The van der Waals surface area contributed by atoms with Gasteiger partial charge in [-0.3, -0.25) is 4.79 Å². The molecule has 1 heterocycles. The Bertz CT molecular complexity index is 827. The average molecular weight is 289 g/mol. The SMILES string of the molecule is Cc1c(F)c(F)cc2c(=O)c(OS(C)(=O)=O)c[nH]c12. The molecule has 5 nitrogen and oxygen atoms in total. The van der Waals surface area contributed by atoms with E-state index in [0.29, 0.717) is 6.07 Å². The number of rotatable bonds is 2. The Morgan fingerprint density at radius 1 is 1.32 bits per heavy atom. The van der Waals surface area contributed by atoms with Crippen LogP contribution in [-0.2, 0) is 10.1 Å². The van der Waals surface area contributed by atoms with Crippen LogP contribution in [0.4, 0.5) is 8.78 Å². The third kappa shape index (κ3) is 2.43. The molecule has 0 aliphatic heterocycles. The molecule has 0 fully saturated rings. The Balaban J connectivity index is 2.80. The summed E-state index contributed by atoms with van der Waals surface area (Å²) in [5.74, 6) is -2.76. The lowest BCUT2D eigenvalue weighted by Gasteiger charge is -2.07. The van der Waals surface area contributed by atoms with Crippen LogP contribution in [-0.4, -0.2) is 19.7 Å². The van der Waals surface area contributed by atoms with Gasteiger partial charge in [0.1, 0.15) is 0 Å². The number of pyridine rings is 1. The highest BCUT2D eigenvalue weighted by Gasteiger charge is 2.16. The van der Waals surface area contributed by atoms with Crippen LogP contribution in [0, 0.1) is 18.6 Å². The summed E-state index contributed by atoms with van der Waals surface area (Å²) in [6.07, 6.45) is 1.77. The summed E-state index contributed by atoms with van der Waals surface area (Å²) in [6, 6.07) is 0.700. The van der Waals surface area contributed by atoms with Crippen molar-refractivity contribution < 1.29 is 21.4 Å². The van der Waals surface area contributed by atoms with Crippen LogP contribution >= 0.6 is 0 Å². The first kappa shape index (κ1) is 13.5. The van der Waals surface area contributed by atoms with Crippen LogP contribution in [0.25, 0.3) is 10.9 Å². The maximum Gasteiger partial charge on any atom is 0.306 e. The fourth-order valence-electron chi connectivity index (χ4n) is 1.68. The van der Waals surface area contributed by atoms with Gasteiger partial charge in [-0.2, -0.15) is 8.42 Å². The smallest absolute Gasteiger partial charge is 0.306 e. The van der Waals surface area contributed by atoms with Gasteiger partial charge in [0.15, 0.2) is 11.6 Å². The monoisotopic (exact) mass is 289 g/mol. The zero-order valence-corrected chi connectivity index (χ0v) is 10.8. The summed E-state index contributed by atoms with van der Waals surface area (Å²) < 4.78 is 53.0. The fourth-order valence-corrected chi connectivity index (χ4v) is 2.13. The normalized spacial score (nSPS) is 11.8. The molecule has 0 amide bonds. The molecular formula is C11H9F2NO4S. The topological polar surface area (TPSA) is 76.2 Å². The van der Waals surface area contributed by atoms with Crippen molar-refractivity contribution in [2.75, 3.05) is 6.26 Å². The van der Waals surface area contributed by atoms with Gasteiger partial charge in [0.2, 0.25) is 11.2 Å². The van der Waals surface area contributed by atoms with Crippen molar-refractivity contribution >= 4 is 21.0 Å². The Hall–Kier alpha value is -1.96. The van der Waals surface area contributed by atoms with Gasteiger partial charge in [-0.15, -0.1) is 0 Å². The predicted octanol–water partition coefficient (Wildman–Crippen LogP) is 1.45. The number of aromatic amines is 1. The van der Waals surface area contributed by atoms with Gasteiger partial charge in [-0.25, -0.2) is 8.78 Å². The summed E-state index contributed by atoms with van der Waals surface area (Å²) in [5.41, 5.74) is -0.816. The summed E-state index contributed by atoms with van der Waals surface area (Å²) >= 11 is 0. The summed E-state index contributed by atoms with van der Waals surface area (Å²) in [7, 11) is -3.88. The van der Waals surface area contributed by atoms with Gasteiger partial charge < -0.3 is 9.17 Å². The Labute approximate surface area is 107 Å². The van der Waals surface area contributed by atoms with E-state index in [0.717, 1.165) is 12.5 Å². The third-order valence-electron chi connectivity index (χ3n) is 2.51. The first-order chi connectivity index (χ1) is 8.70. The molecule has 0 aliphatic carbocycles. The standard InChI is InChI=1S/C11H9F2NO4S/c1-5-9(13)7(12)3-6-10(5)14-4-8(11(6)15)18-19(2,16)17/h3-4H,1-2H3,(H,14,15). The molecule has 0 spiro atoms. The third-order valence-corrected chi connectivity index (χ3v) is 2.99. The molecule has 0 saturated carbocycles. The number of halogens is 2. The molecule has 2 rings (SSSR count). The van der Waals surface area contributed by atoms with Gasteiger partial charge in [-0.05, 0) is 13.0 Å². The second-order valence-electron chi connectivity index (χ2n) is 3.99. The molecule has 2 aromatic rings. The van der Waals surface area contributed by atoms with Crippen molar-refractivity contribution in [2.24, 2.45) is 0 Å². The van der Waals surface area contributed by atoms with E-state index in [-0.39, 0.29) is 16.5 Å². The zero-order chi connectivity index (χ0) is 14.4. The number of hydrogen-bond donors (Lipinski definition) is 1. The molecule has 19 heavy (non-hydrogen) atoms. The summed E-state index contributed by atoms with van der Waals surface area (Å²) in [5, 5.41) is -0.183. The van der Waals surface area contributed by atoms with E-state index < -0.39 is 32.9 Å². The number of nitrogens with one attached hydrogen (secondary N) is 1. The van der Waals surface area contributed by atoms with Crippen molar-refractivity contribution in [1.29, 1.82) is 0 Å². The summed E-state index contributed by atoms with van der Waals surface area (Å²) in [6.45, 7) is 1.30. The maximum atomic E-state index is 13.3. The van der Waals surface area contributed by atoms with Crippen LogP contribution in [0.3, 0.4) is 0 Å². The number of benzene rings is 1. The quantitative estimate of drug-likeness (QED) is 0.849. The number of aromatic nitrogens is 1. The molecule has 0 bridgehead atoms. The highest BCUT2D eigenvalue weighted by atomic mass is 32.2. The molecular weight excluding hydrogens is 280 g/mol. The molecule has 1 aromatic carbocycles. The number of hydrogen-bond acceptors (Lipinski definition) is 4. The molecule has 0 aliphatic rings. The Morgan fingerprint density at radius 2 is 1.95 bits per heavy atom. The van der Waals surface area contributed by atoms with Crippen LogP contribution in [0.5, 0.6) is 5.75 Å². The van der Waals surface area contributed by atoms with Crippen molar-refractivity contribution in [3.63, 3.8) is 0 Å². The number of fused-ring (bicyclic) bond motifs is 1. The van der Waals surface area contributed by atoms with Crippen molar-refractivity contribution in [1.82, 2.24) is 4.98 Å². The predicted molar refractivity (Wildman–Crippen MR) is 64.7 cm³/mol. The minimum atomic E-state index is -3.88. The molecule has 0 radical (unpaired) electrons. The van der Waals surface area contributed by atoms with Gasteiger partial charge in [0, 0.05) is 11.8 Å². The van der Waals surface area contributed by atoms with E-state index in [1.54, 1.807) is 0 Å². The Morgan fingerprint density at radius 3 is 2.53 bits per heavy atom. The lowest BCUT2D eigenvalue weighted by atomic mass is 10.1. The van der Waals surface area contributed by atoms with E-state index in [9.17, 15) is 22.0 Å². The molecule has 102 valence electrons. The molecule has 0 saturated heterocycles. The summed E-state index contributed by atoms with van der Waals surface area (Å²) in [4.78, 5) is 14.4. The van der Waals surface area contributed by atoms with E-state index >= 15 is 0 Å². The molecule has 8 heteroatoms. The highest BCUT2D eigenvalue weighted by Crippen LogP contribution is 2.21. The fraction of sp³-hybridized carbons (Fsp3) is 0.182. The van der Waals surface area contributed by atoms with Gasteiger partial charge in [0.05, 0.1) is 17.2 Å². The largest absolute Gasteiger partial charge is 0.377 e. The van der Waals surface area contributed by atoms with Crippen molar-refractivity contribution in [3.8, 4) is 5.75 Å². The second kappa shape index (κ2) is 4.30. The minimum absolute atomic E-state index is 0.0713. The number of aryl methyl sites for hydroxylation is 1. The molecule has 1 N–H and O–H groups in total. The average Bonchev–Trinajstić information content (AvgIpc) is 2.29. The van der Waals surface area contributed by atoms with E-state index in [4.69, 9.17) is 0 Å². The van der Waals surface area contributed by atoms with Crippen LogP contribution in [0.2, 0.25) is 0 Å². The van der Waals surface area contributed by atoms with Crippen molar-refractivity contribution in [3.05, 3.63) is 39.7 Å². The molecule has 0 unspecified atom stereocenters. The van der Waals surface area contributed by atoms with E-state index in [2.05, 4.69) is 9.17 Å². The van der Waals surface area contributed by atoms with Crippen molar-refractivity contribution in [2.45, 2.75) is 6.92 Å². The maximum absolute atomic E-state index is 13.3. The first-order valence-electron chi connectivity index (χ1n) is 5.10. The van der Waals surface area contributed by atoms with Crippen LogP contribution in [0.1, 0.15) is 5.56 Å². The van der Waals surface area contributed by atoms with E-state index in [1.807, 2.05) is 0 Å². The zero-order valence-electron chi connectivity index (χ0n) is 9.95. The van der Waals surface area contributed by atoms with Gasteiger partial charge in [0.25, 0.3) is 0 Å². The minimum Gasteiger partial charge on any atom is -0.377 e. The highest BCUT2D eigenvalue weighted by molar-refractivity contribution is 7.86. The lowest BCUT2D eigenvalue weighted by molar-refractivity contribution is 0.489. The number of H-pyrrole nitrogens is 1. The lowest BCUT2D eigenvalue weighted by Crippen LogP contribution is -2.15. The first-order valence-corrected chi connectivity index (χ1v) is 6.92. The molecule has 0 atom stereocenters. The van der Waals surface area contributed by atoms with E-state index in [1.165, 1.54) is 6.92 Å². The van der Waals surface area contributed by atoms with Gasteiger partial charge >= 0.3 is 10.1 Å². The second-order valence-corrected chi connectivity index (χ2v) is 5.56. The Kier molecular flexibility index (Phi) is 3.05. The van der Waals surface area contributed by atoms with Gasteiger partial charge in [-0.1, -0.05) is 0 Å². The molecule has 1 aromatic heterocycles. The van der Waals surface area contributed by atoms with Crippen LogP contribution < -0.4 is 9.61 Å².